The number of ether oxygens (including phenoxy) is 3. The Bertz CT molecular complexity index is 680. The maximum atomic E-state index is 11.6. The summed E-state index contributed by atoms with van der Waals surface area (Å²) in [5.41, 5.74) is -0.388. The van der Waals surface area contributed by atoms with Gasteiger partial charge in [0.25, 0.3) is 0 Å². The Morgan fingerprint density at radius 3 is 1.45 bits per heavy atom. The van der Waals surface area contributed by atoms with E-state index in [0.29, 0.717) is 0 Å². The van der Waals surface area contributed by atoms with Crippen LogP contribution in [0.1, 0.15) is 27.7 Å². The monoisotopic (exact) mass is 633 g/mol. The third-order valence-electron chi connectivity index (χ3n) is 7.24. The zero-order chi connectivity index (χ0) is 33.4. The molecule has 0 bridgehead atoms. The molecule has 4 saturated heterocycles. The van der Waals surface area contributed by atoms with E-state index in [1.54, 1.807) is 18.9 Å². The second kappa shape index (κ2) is 25.6. The van der Waals surface area contributed by atoms with Crippen molar-refractivity contribution in [2.45, 2.75) is 33.3 Å². The van der Waals surface area contributed by atoms with Gasteiger partial charge in [-0.05, 0) is 56.0 Å². The van der Waals surface area contributed by atoms with Gasteiger partial charge in [0, 0.05) is 112 Å². The van der Waals surface area contributed by atoms with Gasteiger partial charge in [-0.2, -0.15) is 0 Å². The van der Waals surface area contributed by atoms with E-state index >= 15 is 0 Å². The Kier molecular flexibility index (Phi) is 24.7. The van der Waals surface area contributed by atoms with Crippen molar-refractivity contribution in [1.82, 2.24) is 40.0 Å². The van der Waals surface area contributed by atoms with Crippen molar-refractivity contribution in [3.05, 3.63) is 0 Å². The number of likely N-dealkylation sites (N-methyl/N-ethyl adjacent to an activating group) is 5. The fraction of sp³-hybridized carbons (Fsp3) is 0.935. The lowest BCUT2D eigenvalue weighted by molar-refractivity contribution is -0.130. The highest BCUT2D eigenvalue weighted by Crippen LogP contribution is 2.11. The van der Waals surface area contributed by atoms with E-state index in [0.717, 1.165) is 105 Å². The zero-order valence-corrected chi connectivity index (χ0v) is 30.0. The van der Waals surface area contributed by atoms with E-state index in [9.17, 15) is 9.59 Å². The summed E-state index contributed by atoms with van der Waals surface area (Å²) in [7, 11) is 12.0. The van der Waals surface area contributed by atoms with Gasteiger partial charge in [0.15, 0.2) is 0 Å². The van der Waals surface area contributed by atoms with Crippen LogP contribution in [0.3, 0.4) is 0 Å². The Morgan fingerprint density at radius 2 is 1.16 bits per heavy atom. The predicted molar refractivity (Wildman–Crippen MR) is 180 cm³/mol. The highest BCUT2D eigenvalue weighted by atomic mass is 16.6. The zero-order valence-electron chi connectivity index (χ0n) is 30.0. The molecule has 0 radical (unpaired) electrons. The van der Waals surface area contributed by atoms with Crippen LogP contribution >= 0.6 is 0 Å². The molecule has 4 fully saturated rings. The van der Waals surface area contributed by atoms with Gasteiger partial charge in [0.05, 0.1) is 19.8 Å². The van der Waals surface area contributed by atoms with Gasteiger partial charge in [0.1, 0.15) is 5.60 Å². The molecule has 0 atom stereocenters. The van der Waals surface area contributed by atoms with Gasteiger partial charge in [-0.1, -0.05) is 0 Å². The average Bonchev–Trinajstić information content (AvgIpc) is 2.98. The van der Waals surface area contributed by atoms with Gasteiger partial charge in [-0.25, -0.2) is 4.79 Å². The van der Waals surface area contributed by atoms with Gasteiger partial charge in [-0.15, -0.1) is 0 Å². The number of hydrogen-bond donors (Lipinski definition) is 2. The molecular weight excluding hydrogens is 564 g/mol. The molecule has 4 aliphatic heterocycles. The molecule has 4 heterocycles. The Hall–Kier alpha value is -1.58. The van der Waals surface area contributed by atoms with Crippen molar-refractivity contribution in [3.63, 3.8) is 0 Å². The van der Waals surface area contributed by atoms with Gasteiger partial charge < -0.3 is 54.2 Å². The van der Waals surface area contributed by atoms with E-state index in [1.165, 1.54) is 13.1 Å². The smallest absolute Gasteiger partial charge is 0.410 e. The first kappa shape index (κ1) is 42.4. The van der Waals surface area contributed by atoms with E-state index in [4.69, 9.17) is 14.2 Å². The van der Waals surface area contributed by atoms with Crippen LogP contribution in [-0.4, -0.2) is 207 Å². The number of methoxy groups -OCH3 is 1. The van der Waals surface area contributed by atoms with Crippen LogP contribution in [0.2, 0.25) is 0 Å². The molecule has 2 amide bonds. The minimum Gasteiger partial charge on any atom is -0.444 e. The molecule has 0 aromatic heterocycles. The lowest BCUT2D eigenvalue weighted by Crippen LogP contribution is -2.48. The number of carbonyl (C=O) groups is 2. The summed E-state index contributed by atoms with van der Waals surface area (Å²) in [4.78, 5) is 35.1. The van der Waals surface area contributed by atoms with Gasteiger partial charge >= 0.3 is 6.09 Å². The summed E-state index contributed by atoms with van der Waals surface area (Å²) in [6.07, 6.45) is -0.189. The van der Waals surface area contributed by atoms with Crippen molar-refractivity contribution in [2.24, 2.45) is 0 Å². The highest BCUT2D eigenvalue weighted by molar-refractivity contribution is 5.73. The van der Waals surface area contributed by atoms with Crippen molar-refractivity contribution in [3.8, 4) is 0 Å². The third-order valence-corrected chi connectivity index (χ3v) is 7.24. The average molecular weight is 633 g/mol. The number of morpholine rings is 1. The van der Waals surface area contributed by atoms with Crippen LogP contribution in [0.5, 0.6) is 0 Å². The molecule has 2 N–H and O–H groups in total. The van der Waals surface area contributed by atoms with Crippen molar-refractivity contribution >= 4 is 12.0 Å². The van der Waals surface area contributed by atoms with Crippen molar-refractivity contribution in [1.29, 1.82) is 0 Å². The molecule has 0 aliphatic carbocycles. The number of nitrogens with zero attached hydrogens (tertiary/aromatic N) is 6. The Labute approximate surface area is 269 Å². The second-order valence-electron chi connectivity index (χ2n) is 12.6. The summed E-state index contributed by atoms with van der Waals surface area (Å²) < 4.78 is 15.1. The molecule has 13 nitrogen and oxygen atoms in total. The summed E-state index contributed by atoms with van der Waals surface area (Å²) in [5.74, 6) is 0.202. The fourth-order valence-corrected chi connectivity index (χ4v) is 4.07. The lowest BCUT2D eigenvalue weighted by Gasteiger charge is -2.33. The molecule has 0 saturated carbocycles. The molecule has 13 heteroatoms. The number of piperazine rings is 3. The summed E-state index contributed by atoms with van der Waals surface area (Å²) in [5, 5.41) is 6.22. The normalized spacial score (nSPS) is 20.3. The van der Waals surface area contributed by atoms with Crippen LogP contribution in [0.15, 0.2) is 0 Å². The molecule has 0 spiro atoms. The first-order chi connectivity index (χ1) is 20.8. The number of nitrogens with one attached hydrogen (secondary N) is 2. The molecule has 0 unspecified atom stereocenters. The molecule has 4 rings (SSSR count). The minimum absolute atomic E-state index is 0.189. The first-order valence-corrected chi connectivity index (χ1v) is 16.2. The number of carbonyl (C=O) groups excluding carboxylic acids is 2. The fourth-order valence-electron chi connectivity index (χ4n) is 4.07. The van der Waals surface area contributed by atoms with E-state index in [-0.39, 0.29) is 17.6 Å². The predicted octanol–water partition coefficient (Wildman–Crippen LogP) is 0.271. The maximum absolute atomic E-state index is 11.6. The Morgan fingerprint density at radius 1 is 0.727 bits per heavy atom. The number of hydrogen-bond acceptors (Lipinski definition) is 11. The van der Waals surface area contributed by atoms with Crippen LogP contribution in [0, 0.1) is 0 Å². The van der Waals surface area contributed by atoms with Crippen molar-refractivity contribution < 1.29 is 23.8 Å². The molecule has 262 valence electrons. The van der Waals surface area contributed by atoms with E-state index in [2.05, 4.69) is 58.4 Å². The lowest BCUT2D eigenvalue weighted by atomic mass is 10.2. The molecule has 44 heavy (non-hydrogen) atoms. The van der Waals surface area contributed by atoms with E-state index < -0.39 is 0 Å². The van der Waals surface area contributed by atoms with Crippen LogP contribution in [0.4, 0.5) is 4.79 Å². The summed E-state index contributed by atoms with van der Waals surface area (Å²) >= 11 is 0. The topological polar surface area (TPSA) is 105 Å². The Balaban J connectivity index is 0.000000546. The highest BCUT2D eigenvalue weighted by Gasteiger charge is 2.24. The van der Waals surface area contributed by atoms with Crippen LogP contribution in [0.25, 0.3) is 0 Å². The van der Waals surface area contributed by atoms with Crippen molar-refractivity contribution in [2.75, 3.05) is 160 Å². The number of rotatable bonds is 3. The van der Waals surface area contributed by atoms with Crippen LogP contribution < -0.4 is 10.6 Å². The first-order valence-electron chi connectivity index (χ1n) is 16.2. The molecule has 0 aromatic rings. The molecule has 4 aliphatic rings. The summed E-state index contributed by atoms with van der Waals surface area (Å²) in [6, 6.07) is 0. The van der Waals surface area contributed by atoms with Crippen LogP contribution in [-0.2, 0) is 19.0 Å². The van der Waals surface area contributed by atoms with Gasteiger partial charge in [-0.3, -0.25) is 4.79 Å². The molecular formula is C31H68N8O5. The molecule has 0 aromatic carbocycles. The maximum Gasteiger partial charge on any atom is 0.410 e. The summed E-state index contributed by atoms with van der Waals surface area (Å²) in [6.45, 7) is 25.0. The largest absolute Gasteiger partial charge is 0.444 e. The second-order valence-corrected chi connectivity index (χ2v) is 12.6. The van der Waals surface area contributed by atoms with Gasteiger partial charge in [0.2, 0.25) is 5.91 Å². The quantitative estimate of drug-likeness (QED) is 0.419. The third kappa shape index (κ3) is 24.7. The SMILES string of the molecule is CC(=O)N1CCN(C)CC1.CN1CCN(C(=O)OC(C)(C)C)CC1.CN1CCNCC1.CN1CCOCC1.CNCCOC. The number of amides is 2. The standard InChI is InChI=1S/C10H20N2O2.C7H14N2O.C5H12N2.C5H11NO.C4H11NO/c1-10(2,3)14-9(13)12-7-5-11(4)6-8-12;1-7(10)9-5-3-8(2)4-6-9;1-7-4-2-6-3-5-7;1-6-2-4-7-5-3-6;1-5-3-4-6-2/h5-8H2,1-4H3;3-6H2,1-2H3;6H,2-5H2,1H3;2-5H2,1H3;5H,3-4H2,1-2H3. The minimum atomic E-state index is -0.388. The van der Waals surface area contributed by atoms with E-state index in [1.807, 2.05) is 32.7 Å².